The van der Waals surface area contributed by atoms with Gasteiger partial charge in [0, 0.05) is 12.1 Å². The third kappa shape index (κ3) is 4.66. The van der Waals surface area contributed by atoms with Gasteiger partial charge >= 0.3 is 0 Å². The highest BCUT2D eigenvalue weighted by Gasteiger charge is 2.11. The Kier molecular flexibility index (Phi) is 6.42. The molecule has 0 aliphatic rings. The molecule has 1 heterocycles. The van der Waals surface area contributed by atoms with E-state index in [-0.39, 0.29) is 0 Å². The Hall–Kier alpha value is -1.17. The van der Waals surface area contributed by atoms with Crippen molar-refractivity contribution in [3.05, 3.63) is 46.8 Å². The molecular weight excluding hydrogens is 302 g/mol. The highest BCUT2D eigenvalue weighted by atomic mass is 32.2. The summed E-state index contributed by atoms with van der Waals surface area (Å²) in [6.07, 6.45) is 1.12. The van der Waals surface area contributed by atoms with E-state index < -0.39 is 10.8 Å². The highest BCUT2D eigenvalue weighted by Crippen LogP contribution is 2.25. The van der Waals surface area contributed by atoms with E-state index in [0.29, 0.717) is 5.75 Å². The van der Waals surface area contributed by atoms with Crippen molar-refractivity contribution in [1.29, 1.82) is 0 Å². The molecule has 1 N–H and O–H groups in total. The molecule has 0 saturated heterocycles. The second-order valence-corrected chi connectivity index (χ2v) is 7.37. The first-order chi connectivity index (χ1) is 10.2. The lowest BCUT2D eigenvalue weighted by Crippen LogP contribution is -2.14. The van der Waals surface area contributed by atoms with E-state index in [1.807, 2.05) is 23.6 Å². The van der Waals surface area contributed by atoms with Crippen LogP contribution in [0, 0.1) is 0 Å². The molecule has 2 rings (SSSR count). The van der Waals surface area contributed by atoms with Gasteiger partial charge in [-0.2, -0.15) is 0 Å². The van der Waals surface area contributed by atoms with Crippen molar-refractivity contribution in [3.8, 4) is 5.75 Å². The van der Waals surface area contributed by atoms with Crippen molar-refractivity contribution in [2.24, 2.45) is 0 Å². The largest absolute Gasteiger partial charge is 0.496 e. The average Bonchev–Trinajstić information content (AvgIpc) is 3.02. The van der Waals surface area contributed by atoms with Gasteiger partial charge in [-0.05, 0) is 42.1 Å². The van der Waals surface area contributed by atoms with Crippen molar-refractivity contribution in [2.45, 2.75) is 29.9 Å². The number of benzene rings is 1. The maximum atomic E-state index is 12.4. The lowest BCUT2D eigenvalue weighted by atomic mass is 10.1. The maximum Gasteiger partial charge on any atom is 0.123 e. The number of rotatable bonds is 8. The minimum absolute atomic E-state index is 0.491. The number of hydrogen-bond donors (Lipinski definition) is 1. The molecule has 1 atom stereocenters. The predicted molar refractivity (Wildman–Crippen MR) is 89.4 cm³/mol. The van der Waals surface area contributed by atoms with Gasteiger partial charge in [-0.15, -0.1) is 11.3 Å². The Balaban J connectivity index is 2.12. The van der Waals surface area contributed by atoms with Crippen LogP contribution in [0.25, 0.3) is 0 Å². The van der Waals surface area contributed by atoms with Crippen molar-refractivity contribution in [3.63, 3.8) is 0 Å². The molecule has 114 valence electrons. The van der Waals surface area contributed by atoms with E-state index >= 15 is 0 Å². The fourth-order valence-electron chi connectivity index (χ4n) is 2.07. The Morgan fingerprint density at radius 1 is 1.33 bits per heavy atom. The summed E-state index contributed by atoms with van der Waals surface area (Å²) < 4.78 is 18.7. The Labute approximate surface area is 132 Å². The molecule has 0 bridgehead atoms. The van der Waals surface area contributed by atoms with Gasteiger partial charge in [0.2, 0.25) is 0 Å². The van der Waals surface area contributed by atoms with Crippen LogP contribution < -0.4 is 10.1 Å². The zero-order chi connectivity index (χ0) is 15.1. The molecule has 1 unspecified atom stereocenters. The molecule has 0 saturated carbocycles. The van der Waals surface area contributed by atoms with Crippen LogP contribution in [0.4, 0.5) is 0 Å². The second kappa shape index (κ2) is 8.32. The van der Waals surface area contributed by atoms with E-state index in [2.05, 4.69) is 24.4 Å². The molecule has 0 spiro atoms. The van der Waals surface area contributed by atoms with E-state index in [9.17, 15) is 4.21 Å². The molecule has 21 heavy (non-hydrogen) atoms. The van der Waals surface area contributed by atoms with Crippen LogP contribution in [-0.2, 0) is 23.1 Å². The fraction of sp³-hybridized carbons (Fsp3) is 0.375. The van der Waals surface area contributed by atoms with Gasteiger partial charge in [0.25, 0.3) is 0 Å². The van der Waals surface area contributed by atoms with Gasteiger partial charge in [0.05, 0.1) is 27.9 Å². The molecule has 5 heteroatoms. The molecule has 0 fully saturated rings. The van der Waals surface area contributed by atoms with Crippen LogP contribution in [0.5, 0.6) is 5.75 Å². The number of hydrogen-bond acceptors (Lipinski definition) is 4. The van der Waals surface area contributed by atoms with Crippen molar-refractivity contribution >= 4 is 22.1 Å². The van der Waals surface area contributed by atoms with Crippen LogP contribution in [0.3, 0.4) is 0 Å². The summed E-state index contributed by atoms with van der Waals surface area (Å²) in [5.41, 5.74) is 2.20. The standard InChI is InChI=1S/C16H21NO2S2/c1-3-8-17-11-13-6-7-15(19-2)14(10-13)12-21(18)16-5-4-9-20-16/h4-7,9-10,17H,3,8,11-12H2,1-2H3. The molecular formula is C16H21NO2S2. The summed E-state index contributed by atoms with van der Waals surface area (Å²) in [6.45, 7) is 3.98. The number of ether oxygens (including phenoxy) is 1. The van der Waals surface area contributed by atoms with Crippen molar-refractivity contribution < 1.29 is 8.95 Å². The van der Waals surface area contributed by atoms with E-state index in [1.165, 1.54) is 16.9 Å². The Bertz CT molecular complexity index is 582. The first kappa shape index (κ1) is 16.2. The number of thiophene rings is 1. The van der Waals surface area contributed by atoms with Crippen LogP contribution >= 0.6 is 11.3 Å². The summed E-state index contributed by atoms with van der Waals surface area (Å²) >= 11 is 1.53. The van der Waals surface area contributed by atoms with Gasteiger partial charge in [-0.3, -0.25) is 4.21 Å². The molecule has 2 aromatic rings. The molecule has 0 aliphatic heterocycles. The van der Waals surface area contributed by atoms with Gasteiger partial charge < -0.3 is 10.1 Å². The monoisotopic (exact) mass is 323 g/mol. The van der Waals surface area contributed by atoms with E-state index in [4.69, 9.17) is 4.74 Å². The summed E-state index contributed by atoms with van der Waals surface area (Å²) in [6, 6.07) is 9.95. The summed E-state index contributed by atoms with van der Waals surface area (Å²) in [5, 5.41) is 5.34. The van der Waals surface area contributed by atoms with Gasteiger partial charge in [0.15, 0.2) is 0 Å². The normalized spacial score (nSPS) is 12.3. The first-order valence-corrected chi connectivity index (χ1v) is 9.22. The fourth-order valence-corrected chi connectivity index (χ4v) is 4.17. The molecule has 1 aromatic heterocycles. The van der Waals surface area contributed by atoms with Gasteiger partial charge in [-0.25, -0.2) is 0 Å². The summed E-state index contributed by atoms with van der Waals surface area (Å²) in [7, 11) is 0.642. The summed E-state index contributed by atoms with van der Waals surface area (Å²) in [5.74, 6) is 1.30. The molecule has 0 radical (unpaired) electrons. The number of methoxy groups -OCH3 is 1. The molecule has 0 amide bonds. The van der Waals surface area contributed by atoms with Crippen molar-refractivity contribution in [1.82, 2.24) is 5.32 Å². The zero-order valence-electron chi connectivity index (χ0n) is 12.4. The third-order valence-electron chi connectivity index (χ3n) is 3.11. The topological polar surface area (TPSA) is 38.3 Å². The number of nitrogens with one attached hydrogen (secondary N) is 1. The van der Waals surface area contributed by atoms with Crippen LogP contribution in [0.1, 0.15) is 24.5 Å². The first-order valence-electron chi connectivity index (χ1n) is 7.03. The SMILES string of the molecule is CCCNCc1ccc(OC)c(CS(=O)c2cccs2)c1. The smallest absolute Gasteiger partial charge is 0.123 e. The molecule has 1 aromatic carbocycles. The summed E-state index contributed by atoms with van der Waals surface area (Å²) in [4.78, 5) is 0. The van der Waals surface area contributed by atoms with Gasteiger partial charge in [-0.1, -0.05) is 19.1 Å². The predicted octanol–water partition coefficient (Wildman–Crippen LogP) is 3.56. The minimum atomic E-state index is -1.01. The van der Waals surface area contributed by atoms with Crippen LogP contribution in [-0.4, -0.2) is 17.9 Å². The van der Waals surface area contributed by atoms with Gasteiger partial charge in [0.1, 0.15) is 5.75 Å². The molecule has 3 nitrogen and oxygen atoms in total. The van der Waals surface area contributed by atoms with Crippen LogP contribution in [0.15, 0.2) is 39.9 Å². The third-order valence-corrected chi connectivity index (χ3v) is 5.77. The lowest BCUT2D eigenvalue weighted by molar-refractivity contribution is 0.411. The lowest BCUT2D eigenvalue weighted by Gasteiger charge is -2.11. The van der Waals surface area contributed by atoms with Crippen molar-refractivity contribution in [2.75, 3.05) is 13.7 Å². The minimum Gasteiger partial charge on any atom is -0.496 e. The second-order valence-electron chi connectivity index (χ2n) is 4.74. The highest BCUT2D eigenvalue weighted by molar-refractivity contribution is 7.86. The van der Waals surface area contributed by atoms with E-state index in [1.54, 1.807) is 7.11 Å². The van der Waals surface area contributed by atoms with E-state index in [0.717, 1.165) is 35.0 Å². The van der Waals surface area contributed by atoms with Crippen LogP contribution in [0.2, 0.25) is 0 Å². The quantitative estimate of drug-likeness (QED) is 0.755. The maximum absolute atomic E-state index is 12.4. The Morgan fingerprint density at radius 2 is 2.19 bits per heavy atom. The average molecular weight is 323 g/mol. The Morgan fingerprint density at radius 3 is 2.86 bits per heavy atom. The zero-order valence-corrected chi connectivity index (χ0v) is 14.1. The molecule has 0 aliphatic carbocycles.